The number of unbranched alkanes of at least 4 members (excludes halogenated alkanes) is 2. The maximum atomic E-state index is 12.1. The summed E-state index contributed by atoms with van der Waals surface area (Å²) in [6.45, 7) is 12.2. The van der Waals surface area contributed by atoms with Crippen molar-refractivity contribution in [1.29, 1.82) is 0 Å². The number of hydrogen-bond donors (Lipinski definition) is 0. The minimum Gasteiger partial charge on any atom is -0.343 e. The molecule has 90 valence electrons. The van der Waals surface area contributed by atoms with Gasteiger partial charge in [0.05, 0.1) is 0 Å². The fraction of sp³-hybridized carbons (Fsp3) is 0.923. The molecule has 0 saturated heterocycles. The molecule has 0 fully saturated rings. The molecule has 0 spiro atoms. The molecule has 0 unspecified atom stereocenters. The van der Waals surface area contributed by atoms with Gasteiger partial charge in [-0.15, -0.1) is 0 Å². The monoisotopic (exact) mass is 213 g/mol. The normalized spacial score (nSPS) is 11.5. The molecule has 2 nitrogen and oxygen atoms in total. The van der Waals surface area contributed by atoms with Crippen molar-refractivity contribution in [3.05, 3.63) is 0 Å². The molecule has 2 heteroatoms. The van der Waals surface area contributed by atoms with Gasteiger partial charge in [-0.25, -0.2) is 0 Å². The Morgan fingerprint density at radius 1 is 1.13 bits per heavy atom. The average Bonchev–Trinajstić information content (AvgIpc) is 2.23. The minimum absolute atomic E-state index is 0.192. The minimum atomic E-state index is -0.192. The third kappa shape index (κ3) is 4.67. The highest BCUT2D eigenvalue weighted by Gasteiger charge is 2.28. The van der Waals surface area contributed by atoms with Crippen molar-refractivity contribution in [1.82, 2.24) is 4.90 Å². The third-order valence-corrected chi connectivity index (χ3v) is 3.16. The third-order valence-electron chi connectivity index (χ3n) is 3.16. The second kappa shape index (κ2) is 6.86. The Kier molecular flexibility index (Phi) is 6.62. The Hall–Kier alpha value is -0.530. The molecule has 15 heavy (non-hydrogen) atoms. The van der Waals surface area contributed by atoms with Crippen LogP contribution in [0.15, 0.2) is 0 Å². The predicted octanol–water partition coefficient (Wildman–Crippen LogP) is 3.46. The van der Waals surface area contributed by atoms with E-state index in [0.717, 1.165) is 25.9 Å². The molecule has 1 amide bonds. The second-order valence-electron chi connectivity index (χ2n) is 4.83. The van der Waals surface area contributed by atoms with Crippen molar-refractivity contribution in [3.63, 3.8) is 0 Å². The largest absolute Gasteiger partial charge is 0.343 e. The van der Waals surface area contributed by atoms with E-state index in [1.807, 2.05) is 18.7 Å². The lowest BCUT2D eigenvalue weighted by Gasteiger charge is -2.30. The molecule has 0 aliphatic carbocycles. The lowest BCUT2D eigenvalue weighted by atomic mass is 9.88. The van der Waals surface area contributed by atoms with E-state index >= 15 is 0 Å². The first-order chi connectivity index (χ1) is 6.99. The van der Waals surface area contributed by atoms with Gasteiger partial charge in [0.25, 0.3) is 0 Å². The highest BCUT2D eigenvalue weighted by Crippen LogP contribution is 2.23. The Morgan fingerprint density at radius 3 is 2.13 bits per heavy atom. The van der Waals surface area contributed by atoms with Gasteiger partial charge >= 0.3 is 0 Å². The summed E-state index contributed by atoms with van der Waals surface area (Å²) in [6.07, 6.45) is 4.48. The zero-order valence-electron chi connectivity index (χ0n) is 11.1. The quantitative estimate of drug-likeness (QED) is 0.593. The van der Waals surface area contributed by atoms with Crippen LogP contribution in [-0.4, -0.2) is 23.9 Å². The van der Waals surface area contributed by atoms with Gasteiger partial charge in [-0.3, -0.25) is 4.79 Å². The van der Waals surface area contributed by atoms with E-state index in [1.165, 1.54) is 12.8 Å². The Bertz CT molecular complexity index is 187. The Morgan fingerprint density at radius 2 is 1.73 bits per heavy atom. The van der Waals surface area contributed by atoms with Crippen molar-refractivity contribution in [2.75, 3.05) is 13.1 Å². The molecule has 0 saturated carbocycles. The van der Waals surface area contributed by atoms with E-state index < -0.39 is 0 Å². The molecule has 0 aliphatic heterocycles. The lowest BCUT2D eigenvalue weighted by Crippen LogP contribution is -2.41. The maximum Gasteiger partial charge on any atom is 0.228 e. The van der Waals surface area contributed by atoms with Crippen LogP contribution in [0.5, 0.6) is 0 Å². The predicted molar refractivity (Wildman–Crippen MR) is 65.9 cm³/mol. The van der Waals surface area contributed by atoms with Crippen LogP contribution in [0, 0.1) is 5.41 Å². The Labute approximate surface area is 95.0 Å². The second-order valence-corrected chi connectivity index (χ2v) is 4.83. The molecule has 0 atom stereocenters. The van der Waals surface area contributed by atoms with Crippen molar-refractivity contribution >= 4 is 5.91 Å². The zero-order valence-corrected chi connectivity index (χ0v) is 11.1. The van der Waals surface area contributed by atoms with Gasteiger partial charge in [-0.1, -0.05) is 40.5 Å². The fourth-order valence-electron chi connectivity index (χ4n) is 1.54. The van der Waals surface area contributed by atoms with Crippen LogP contribution in [0.25, 0.3) is 0 Å². The topological polar surface area (TPSA) is 20.3 Å². The van der Waals surface area contributed by atoms with Gasteiger partial charge in [-0.2, -0.15) is 0 Å². The molecule has 0 N–H and O–H groups in total. The summed E-state index contributed by atoms with van der Waals surface area (Å²) in [5.41, 5.74) is -0.192. The Balaban J connectivity index is 4.22. The van der Waals surface area contributed by atoms with Crippen LogP contribution in [0.2, 0.25) is 0 Å². The van der Waals surface area contributed by atoms with Crippen LogP contribution in [-0.2, 0) is 4.79 Å². The van der Waals surface area contributed by atoms with E-state index in [1.54, 1.807) is 0 Å². The van der Waals surface area contributed by atoms with Gasteiger partial charge in [0.2, 0.25) is 5.91 Å². The van der Waals surface area contributed by atoms with E-state index in [2.05, 4.69) is 20.8 Å². The summed E-state index contributed by atoms with van der Waals surface area (Å²) in [5.74, 6) is 0.309. The standard InChI is InChI=1S/C13H27NO/c1-6-9-10-11-14(8-3)12(15)13(4,5)7-2/h6-11H2,1-5H3. The molecule has 0 heterocycles. The molecule has 0 aliphatic rings. The van der Waals surface area contributed by atoms with Gasteiger partial charge in [0, 0.05) is 18.5 Å². The number of amides is 1. The van der Waals surface area contributed by atoms with Gasteiger partial charge in [-0.05, 0) is 19.8 Å². The summed E-state index contributed by atoms with van der Waals surface area (Å²) >= 11 is 0. The number of hydrogen-bond acceptors (Lipinski definition) is 1. The number of rotatable bonds is 7. The van der Waals surface area contributed by atoms with Crippen molar-refractivity contribution in [3.8, 4) is 0 Å². The highest BCUT2D eigenvalue weighted by molar-refractivity contribution is 5.81. The van der Waals surface area contributed by atoms with Crippen LogP contribution in [0.1, 0.15) is 60.3 Å². The first kappa shape index (κ1) is 14.5. The lowest BCUT2D eigenvalue weighted by molar-refractivity contribution is -0.140. The number of carbonyl (C=O) groups excluding carboxylic acids is 1. The van der Waals surface area contributed by atoms with Crippen molar-refractivity contribution in [2.24, 2.45) is 5.41 Å². The summed E-state index contributed by atoms with van der Waals surface area (Å²) in [4.78, 5) is 14.1. The number of carbonyl (C=O) groups is 1. The van der Waals surface area contributed by atoms with Gasteiger partial charge in [0.1, 0.15) is 0 Å². The molecule has 0 radical (unpaired) electrons. The first-order valence-electron chi connectivity index (χ1n) is 6.29. The first-order valence-corrected chi connectivity index (χ1v) is 6.29. The summed E-state index contributed by atoms with van der Waals surface area (Å²) in [6, 6.07) is 0. The van der Waals surface area contributed by atoms with Crippen molar-refractivity contribution < 1.29 is 4.79 Å². The highest BCUT2D eigenvalue weighted by atomic mass is 16.2. The van der Waals surface area contributed by atoms with E-state index in [4.69, 9.17) is 0 Å². The molecule has 0 aromatic heterocycles. The van der Waals surface area contributed by atoms with Crippen molar-refractivity contribution in [2.45, 2.75) is 60.3 Å². The summed E-state index contributed by atoms with van der Waals surface area (Å²) in [7, 11) is 0. The zero-order chi connectivity index (χ0) is 11.9. The molecule has 0 bridgehead atoms. The molecular weight excluding hydrogens is 186 g/mol. The van der Waals surface area contributed by atoms with E-state index in [-0.39, 0.29) is 5.41 Å². The van der Waals surface area contributed by atoms with Crippen LogP contribution in [0.3, 0.4) is 0 Å². The van der Waals surface area contributed by atoms with Gasteiger partial charge in [0.15, 0.2) is 0 Å². The summed E-state index contributed by atoms with van der Waals surface area (Å²) in [5, 5.41) is 0. The summed E-state index contributed by atoms with van der Waals surface area (Å²) < 4.78 is 0. The maximum absolute atomic E-state index is 12.1. The van der Waals surface area contributed by atoms with Crippen LogP contribution in [0.4, 0.5) is 0 Å². The molecule has 0 rings (SSSR count). The SMILES string of the molecule is CCCCCN(CC)C(=O)C(C)(C)CC. The van der Waals surface area contributed by atoms with Crippen LogP contribution < -0.4 is 0 Å². The number of nitrogens with zero attached hydrogens (tertiary/aromatic N) is 1. The van der Waals surface area contributed by atoms with E-state index in [0.29, 0.717) is 5.91 Å². The molecule has 0 aromatic rings. The van der Waals surface area contributed by atoms with E-state index in [9.17, 15) is 4.79 Å². The van der Waals surface area contributed by atoms with Gasteiger partial charge < -0.3 is 4.90 Å². The molecular formula is C13H27NO. The average molecular weight is 213 g/mol. The van der Waals surface area contributed by atoms with Crippen LogP contribution >= 0.6 is 0 Å². The fourth-order valence-corrected chi connectivity index (χ4v) is 1.54. The smallest absolute Gasteiger partial charge is 0.228 e. The molecule has 0 aromatic carbocycles.